The van der Waals surface area contributed by atoms with Gasteiger partial charge in [-0.05, 0) is 42.3 Å². The highest BCUT2D eigenvalue weighted by Gasteiger charge is 2.35. The second-order valence-electron chi connectivity index (χ2n) is 4.08. The van der Waals surface area contributed by atoms with Gasteiger partial charge in [-0.15, -0.1) is 0 Å². The molecule has 82 valence electrons. The fraction of sp³-hybridized carbons (Fsp3) is 0.545. The molecule has 0 radical (unpaired) electrons. The molecule has 3 nitrogen and oxygen atoms in total. The molecule has 0 aliphatic carbocycles. The van der Waals surface area contributed by atoms with Crippen molar-refractivity contribution in [3.8, 4) is 0 Å². The van der Waals surface area contributed by atoms with Crippen LogP contribution in [0.15, 0.2) is 16.8 Å². The molecule has 0 amide bonds. The molecule has 1 aliphatic rings. The lowest BCUT2D eigenvalue weighted by molar-refractivity contribution is -0.142. The fourth-order valence-electron chi connectivity index (χ4n) is 2.17. The molecule has 1 N–H and O–H groups in total. The minimum absolute atomic E-state index is 0.155. The molecule has 2 heterocycles. The predicted molar refractivity (Wildman–Crippen MR) is 59.9 cm³/mol. The molecular weight excluding hydrogens is 210 g/mol. The molecule has 0 saturated carbocycles. The molecular formula is C11H15NO2S. The molecule has 15 heavy (non-hydrogen) atoms. The molecule has 1 aliphatic heterocycles. The Morgan fingerprint density at radius 3 is 3.07 bits per heavy atom. The summed E-state index contributed by atoms with van der Waals surface area (Å²) in [5.74, 6) is -0.848. The number of carboxylic acid groups (broad SMARTS) is 1. The van der Waals surface area contributed by atoms with Crippen molar-refractivity contribution >= 4 is 17.3 Å². The Labute approximate surface area is 93.3 Å². The van der Waals surface area contributed by atoms with E-state index in [1.54, 1.807) is 11.3 Å². The SMILES string of the molecule is CC1C(C(=O)O)CCN1Cc1ccsc1. The number of hydrogen-bond acceptors (Lipinski definition) is 3. The highest BCUT2D eigenvalue weighted by atomic mass is 32.1. The Morgan fingerprint density at radius 1 is 1.73 bits per heavy atom. The Hall–Kier alpha value is -0.870. The summed E-state index contributed by atoms with van der Waals surface area (Å²) in [6, 6.07) is 2.26. The molecule has 2 rings (SSSR count). The van der Waals surface area contributed by atoms with Crippen LogP contribution in [0, 0.1) is 5.92 Å². The number of hydrogen-bond donors (Lipinski definition) is 1. The summed E-state index contributed by atoms with van der Waals surface area (Å²) in [5.41, 5.74) is 1.29. The van der Waals surface area contributed by atoms with Crippen LogP contribution in [0.5, 0.6) is 0 Å². The zero-order valence-electron chi connectivity index (χ0n) is 8.72. The van der Waals surface area contributed by atoms with E-state index in [1.165, 1.54) is 5.56 Å². The normalized spacial score (nSPS) is 27.0. The molecule has 0 bridgehead atoms. The van der Waals surface area contributed by atoms with Crippen molar-refractivity contribution in [2.24, 2.45) is 5.92 Å². The van der Waals surface area contributed by atoms with E-state index in [-0.39, 0.29) is 12.0 Å². The van der Waals surface area contributed by atoms with Gasteiger partial charge in [0.05, 0.1) is 5.92 Å². The van der Waals surface area contributed by atoms with Crippen molar-refractivity contribution in [1.82, 2.24) is 4.90 Å². The third-order valence-corrected chi connectivity index (χ3v) is 3.90. The van der Waals surface area contributed by atoms with Gasteiger partial charge in [0, 0.05) is 12.6 Å². The van der Waals surface area contributed by atoms with Gasteiger partial charge in [-0.1, -0.05) is 0 Å². The number of aliphatic carboxylic acids is 1. The van der Waals surface area contributed by atoms with Gasteiger partial charge in [-0.3, -0.25) is 9.69 Å². The maximum absolute atomic E-state index is 10.9. The lowest BCUT2D eigenvalue weighted by Crippen LogP contribution is -2.32. The van der Waals surface area contributed by atoms with Gasteiger partial charge < -0.3 is 5.11 Å². The smallest absolute Gasteiger partial charge is 0.308 e. The van der Waals surface area contributed by atoms with E-state index >= 15 is 0 Å². The van der Waals surface area contributed by atoms with Crippen LogP contribution in [0.3, 0.4) is 0 Å². The maximum atomic E-state index is 10.9. The Morgan fingerprint density at radius 2 is 2.53 bits per heavy atom. The van der Waals surface area contributed by atoms with Gasteiger partial charge in [0.1, 0.15) is 0 Å². The van der Waals surface area contributed by atoms with E-state index in [9.17, 15) is 4.79 Å². The Balaban J connectivity index is 1.98. The summed E-state index contributed by atoms with van der Waals surface area (Å²) in [4.78, 5) is 13.2. The molecule has 0 aromatic carbocycles. The largest absolute Gasteiger partial charge is 0.481 e. The molecule has 1 aromatic rings. The average molecular weight is 225 g/mol. The first-order chi connectivity index (χ1) is 7.18. The van der Waals surface area contributed by atoms with Crippen molar-refractivity contribution in [2.45, 2.75) is 25.9 Å². The van der Waals surface area contributed by atoms with E-state index in [0.717, 1.165) is 19.5 Å². The van der Waals surface area contributed by atoms with E-state index < -0.39 is 5.97 Å². The number of nitrogens with zero attached hydrogens (tertiary/aromatic N) is 1. The third-order valence-electron chi connectivity index (χ3n) is 3.17. The summed E-state index contributed by atoms with van der Waals surface area (Å²) < 4.78 is 0. The Bertz CT molecular complexity index is 336. The zero-order chi connectivity index (χ0) is 10.8. The summed E-state index contributed by atoms with van der Waals surface area (Å²) >= 11 is 1.69. The Kier molecular flexibility index (Phi) is 3.07. The number of rotatable bonds is 3. The monoisotopic (exact) mass is 225 g/mol. The molecule has 1 saturated heterocycles. The van der Waals surface area contributed by atoms with Gasteiger partial charge in [0.25, 0.3) is 0 Å². The molecule has 1 fully saturated rings. The topological polar surface area (TPSA) is 40.5 Å². The van der Waals surface area contributed by atoms with Gasteiger partial charge in [0.15, 0.2) is 0 Å². The van der Waals surface area contributed by atoms with Crippen LogP contribution in [-0.4, -0.2) is 28.6 Å². The minimum atomic E-state index is -0.657. The first kappa shape index (κ1) is 10.6. The summed E-state index contributed by atoms with van der Waals surface area (Å²) in [7, 11) is 0. The van der Waals surface area contributed by atoms with E-state index in [4.69, 9.17) is 5.11 Å². The van der Waals surface area contributed by atoms with Crippen molar-refractivity contribution in [1.29, 1.82) is 0 Å². The lowest BCUT2D eigenvalue weighted by atomic mass is 10.0. The summed E-state index contributed by atoms with van der Waals surface area (Å²) in [6.07, 6.45) is 0.778. The molecule has 0 spiro atoms. The second kappa shape index (κ2) is 4.33. The fourth-order valence-corrected chi connectivity index (χ4v) is 2.83. The van der Waals surface area contributed by atoms with E-state index in [1.807, 2.05) is 6.92 Å². The number of likely N-dealkylation sites (tertiary alicyclic amines) is 1. The predicted octanol–water partition coefficient (Wildman–Crippen LogP) is 2.04. The zero-order valence-corrected chi connectivity index (χ0v) is 9.54. The van der Waals surface area contributed by atoms with Crippen LogP contribution < -0.4 is 0 Å². The van der Waals surface area contributed by atoms with E-state index in [2.05, 4.69) is 21.7 Å². The lowest BCUT2D eigenvalue weighted by Gasteiger charge is -2.22. The van der Waals surface area contributed by atoms with Gasteiger partial charge >= 0.3 is 5.97 Å². The summed E-state index contributed by atoms with van der Waals surface area (Å²) in [6.45, 7) is 3.79. The van der Waals surface area contributed by atoms with Crippen LogP contribution in [-0.2, 0) is 11.3 Å². The van der Waals surface area contributed by atoms with Crippen LogP contribution in [0.2, 0.25) is 0 Å². The van der Waals surface area contributed by atoms with E-state index in [0.29, 0.717) is 0 Å². The van der Waals surface area contributed by atoms with Crippen LogP contribution in [0.25, 0.3) is 0 Å². The number of carboxylic acids is 1. The van der Waals surface area contributed by atoms with Gasteiger partial charge in [0.2, 0.25) is 0 Å². The van der Waals surface area contributed by atoms with Gasteiger partial charge in [-0.2, -0.15) is 11.3 Å². The maximum Gasteiger partial charge on any atom is 0.308 e. The van der Waals surface area contributed by atoms with Crippen molar-refractivity contribution < 1.29 is 9.90 Å². The standard InChI is InChI=1S/C11H15NO2S/c1-8-10(11(13)14)2-4-12(8)6-9-3-5-15-7-9/h3,5,7-8,10H,2,4,6H2,1H3,(H,13,14). The number of carbonyl (C=O) groups is 1. The van der Waals surface area contributed by atoms with Crippen molar-refractivity contribution in [3.05, 3.63) is 22.4 Å². The molecule has 2 atom stereocenters. The first-order valence-corrected chi connectivity index (χ1v) is 6.10. The molecule has 2 unspecified atom stereocenters. The van der Waals surface area contributed by atoms with Gasteiger partial charge in [-0.25, -0.2) is 0 Å². The van der Waals surface area contributed by atoms with Crippen LogP contribution >= 0.6 is 11.3 Å². The summed E-state index contributed by atoms with van der Waals surface area (Å²) in [5, 5.41) is 13.2. The quantitative estimate of drug-likeness (QED) is 0.855. The van der Waals surface area contributed by atoms with Crippen LogP contribution in [0.1, 0.15) is 18.9 Å². The van der Waals surface area contributed by atoms with Crippen LogP contribution in [0.4, 0.5) is 0 Å². The molecule has 1 aromatic heterocycles. The highest BCUT2D eigenvalue weighted by Crippen LogP contribution is 2.26. The van der Waals surface area contributed by atoms with Crippen molar-refractivity contribution in [2.75, 3.05) is 6.54 Å². The minimum Gasteiger partial charge on any atom is -0.481 e. The number of thiophene rings is 1. The average Bonchev–Trinajstić information content (AvgIpc) is 2.78. The second-order valence-corrected chi connectivity index (χ2v) is 4.86. The highest BCUT2D eigenvalue weighted by molar-refractivity contribution is 7.07. The molecule has 4 heteroatoms. The third kappa shape index (κ3) is 2.21. The van der Waals surface area contributed by atoms with Crippen molar-refractivity contribution in [3.63, 3.8) is 0 Å². The first-order valence-electron chi connectivity index (χ1n) is 5.16.